The molecule has 5 heteroatoms. The fourth-order valence-electron chi connectivity index (χ4n) is 2.27. The third-order valence-corrected chi connectivity index (χ3v) is 3.80. The molecule has 2 rings (SSSR count). The molecule has 1 heterocycles. The summed E-state index contributed by atoms with van der Waals surface area (Å²) in [7, 11) is 0. The molecule has 21 heavy (non-hydrogen) atoms. The van der Waals surface area contributed by atoms with Crippen molar-refractivity contribution >= 4 is 29.9 Å². The van der Waals surface area contributed by atoms with Gasteiger partial charge in [-0.05, 0) is 12.5 Å². The zero-order chi connectivity index (χ0) is 14.6. The average Bonchev–Trinajstić information content (AvgIpc) is 2.46. The molecule has 0 bridgehead atoms. The summed E-state index contributed by atoms with van der Waals surface area (Å²) in [5.41, 5.74) is 8.64. The number of halogens is 1. The van der Waals surface area contributed by atoms with Crippen molar-refractivity contribution in [1.29, 1.82) is 0 Å². The zero-order valence-corrected chi connectivity index (χ0v) is 15.5. The summed E-state index contributed by atoms with van der Waals surface area (Å²) in [6, 6.07) is 8.64. The Balaban J connectivity index is 0.00000220. The van der Waals surface area contributed by atoms with Crippen molar-refractivity contribution in [3.05, 3.63) is 35.4 Å². The molecule has 0 unspecified atom stereocenters. The molecule has 1 fully saturated rings. The molecule has 0 amide bonds. The van der Waals surface area contributed by atoms with Crippen LogP contribution >= 0.6 is 24.0 Å². The first-order chi connectivity index (χ1) is 9.49. The predicted octanol–water partition coefficient (Wildman–Crippen LogP) is 2.54. The normalized spacial score (nSPS) is 16.5. The SMILES string of the molecule is Cc1ccc(C(C)(C)CN=C(N)N2CCOCC2)cc1.I. The van der Waals surface area contributed by atoms with Gasteiger partial charge >= 0.3 is 0 Å². The lowest BCUT2D eigenvalue weighted by molar-refractivity contribution is 0.0674. The van der Waals surface area contributed by atoms with Gasteiger partial charge in [-0.3, -0.25) is 4.99 Å². The van der Waals surface area contributed by atoms with Gasteiger partial charge in [0.25, 0.3) is 0 Å². The minimum Gasteiger partial charge on any atom is -0.378 e. The van der Waals surface area contributed by atoms with Gasteiger partial charge in [-0.1, -0.05) is 43.7 Å². The molecule has 0 aromatic heterocycles. The van der Waals surface area contributed by atoms with Crippen molar-refractivity contribution in [3.63, 3.8) is 0 Å². The Morgan fingerprint density at radius 1 is 1.24 bits per heavy atom. The summed E-state index contributed by atoms with van der Waals surface area (Å²) >= 11 is 0. The molecule has 1 saturated heterocycles. The lowest BCUT2D eigenvalue weighted by atomic mass is 9.84. The molecule has 1 aliphatic heterocycles. The number of guanidine groups is 1. The van der Waals surface area contributed by atoms with Gasteiger partial charge in [0, 0.05) is 18.5 Å². The number of nitrogens with two attached hydrogens (primary N) is 1. The monoisotopic (exact) mass is 403 g/mol. The standard InChI is InChI=1S/C16H25N3O.HI/c1-13-4-6-14(7-5-13)16(2,3)12-18-15(17)19-8-10-20-11-9-19;/h4-7H,8-12H2,1-3H3,(H2,17,18);1H. The lowest BCUT2D eigenvalue weighted by Crippen LogP contribution is -2.45. The molecule has 1 aromatic carbocycles. The van der Waals surface area contributed by atoms with E-state index in [4.69, 9.17) is 10.5 Å². The highest BCUT2D eigenvalue weighted by molar-refractivity contribution is 14.0. The van der Waals surface area contributed by atoms with Gasteiger partial charge < -0.3 is 15.4 Å². The van der Waals surface area contributed by atoms with Crippen LogP contribution in [0.5, 0.6) is 0 Å². The van der Waals surface area contributed by atoms with Gasteiger partial charge in [0.2, 0.25) is 0 Å². The summed E-state index contributed by atoms with van der Waals surface area (Å²) in [6.07, 6.45) is 0. The lowest BCUT2D eigenvalue weighted by Gasteiger charge is -2.29. The second-order valence-corrected chi connectivity index (χ2v) is 6.02. The Morgan fingerprint density at radius 3 is 2.38 bits per heavy atom. The summed E-state index contributed by atoms with van der Waals surface area (Å²) in [4.78, 5) is 6.68. The maximum atomic E-state index is 6.08. The van der Waals surface area contributed by atoms with E-state index >= 15 is 0 Å². The highest BCUT2D eigenvalue weighted by atomic mass is 127. The van der Waals surface area contributed by atoms with Crippen LogP contribution in [0.15, 0.2) is 29.3 Å². The first-order valence-electron chi connectivity index (χ1n) is 7.19. The molecule has 0 spiro atoms. The number of hydrogen-bond acceptors (Lipinski definition) is 2. The van der Waals surface area contributed by atoms with Crippen molar-refractivity contribution in [1.82, 2.24) is 4.90 Å². The van der Waals surface area contributed by atoms with Crippen LogP contribution in [0.1, 0.15) is 25.0 Å². The van der Waals surface area contributed by atoms with E-state index in [1.807, 2.05) is 0 Å². The largest absolute Gasteiger partial charge is 0.378 e. The molecule has 0 aliphatic carbocycles. The summed E-state index contributed by atoms with van der Waals surface area (Å²) in [5, 5.41) is 0. The van der Waals surface area contributed by atoms with Crippen LogP contribution in [0, 0.1) is 6.92 Å². The first kappa shape index (κ1) is 18.2. The Morgan fingerprint density at radius 2 is 1.81 bits per heavy atom. The molecule has 2 N–H and O–H groups in total. The van der Waals surface area contributed by atoms with E-state index in [1.54, 1.807) is 0 Å². The van der Waals surface area contributed by atoms with Gasteiger partial charge in [-0.15, -0.1) is 24.0 Å². The molecule has 1 aliphatic rings. The topological polar surface area (TPSA) is 50.8 Å². The van der Waals surface area contributed by atoms with Gasteiger partial charge in [-0.2, -0.15) is 0 Å². The van der Waals surface area contributed by atoms with Crippen molar-refractivity contribution in [3.8, 4) is 0 Å². The van der Waals surface area contributed by atoms with Crippen LogP contribution in [-0.4, -0.2) is 43.7 Å². The second kappa shape index (κ2) is 7.98. The van der Waals surface area contributed by atoms with E-state index in [0.29, 0.717) is 12.5 Å². The molecular formula is C16H26IN3O. The van der Waals surface area contributed by atoms with Crippen LogP contribution in [0.4, 0.5) is 0 Å². The van der Waals surface area contributed by atoms with E-state index in [2.05, 4.69) is 54.9 Å². The zero-order valence-electron chi connectivity index (χ0n) is 13.1. The summed E-state index contributed by atoms with van der Waals surface area (Å²) in [5.74, 6) is 0.633. The number of aliphatic imine (C=N–C) groups is 1. The number of rotatable bonds is 3. The fourth-order valence-corrected chi connectivity index (χ4v) is 2.27. The summed E-state index contributed by atoms with van der Waals surface area (Å²) in [6.45, 7) is 10.3. The number of benzene rings is 1. The van der Waals surface area contributed by atoms with E-state index in [1.165, 1.54) is 11.1 Å². The third kappa shape index (κ3) is 5.14. The number of nitrogens with zero attached hydrogens (tertiary/aromatic N) is 2. The fraction of sp³-hybridized carbons (Fsp3) is 0.562. The first-order valence-corrected chi connectivity index (χ1v) is 7.19. The maximum Gasteiger partial charge on any atom is 0.191 e. The van der Waals surface area contributed by atoms with E-state index in [9.17, 15) is 0 Å². The number of aryl methyl sites for hydroxylation is 1. The molecule has 0 saturated carbocycles. The van der Waals surface area contributed by atoms with E-state index in [0.717, 1.165) is 26.3 Å². The number of hydrogen-bond donors (Lipinski definition) is 1. The van der Waals surface area contributed by atoms with Crippen molar-refractivity contribution in [2.75, 3.05) is 32.8 Å². The van der Waals surface area contributed by atoms with Crippen LogP contribution in [0.25, 0.3) is 0 Å². The maximum absolute atomic E-state index is 6.08. The van der Waals surface area contributed by atoms with Gasteiger partial charge in [0.15, 0.2) is 5.96 Å². The Kier molecular flexibility index (Phi) is 6.93. The van der Waals surface area contributed by atoms with Crippen molar-refractivity contribution in [2.24, 2.45) is 10.7 Å². The molecule has 118 valence electrons. The van der Waals surface area contributed by atoms with Crippen LogP contribution in [0.2, 0.25) is 0 Å². The van der Waals surface area contributed by atoms with Gasteiger partial charge in [0.1, 0.15) is 0 Å². The van der Waals surface area contributed by atoms with Crippen molar-refractivity contribution < 1.29 is 4.74 Å². The molecule has 0 radical (unpaired) electrons. The summed E-state index contributed by atoms with van der Waals surface area (Å²) < 4.78 is 5.32. The second-order valence-electron chi connectivity index (χ2n) is 6.02. The van der Waals surface area contributed by atoms with Crippen LogP contribution in [-0.2, 0) is 10.2 Å². The minimum absolute atomic E-state index is 0. The van der Waals surface area contributed by atoms with Crippen molar-refractivity contribution in [2.45, 2.75) is 26.2 Å². The Hall–Kier alpha value is -0.820. The van der Waals surface area contributed by atoms with Crippen LogP contribution in [0.3, 0.4) is 0 Å². The minimum atomic E-state index is -0.00932. The Labute approximate surface area is 144 Å². The average molecular weight is 403 g/mol. The third-order valence-electron chi connectivity index (χ3n) is 3.80. The highest BCUT2D eigenvalue weighted by Crippen LogP contribution is 2.23. The molecule has 4 nitrogen and oxygen atoms in total. The number of ether oxygens (including phenoxy) is 1. The predicted molar refractivity (Wildman–Crippen MR) is 98.5 cm³/mol. The molecule has 1 aromatic rings. The Bertz CT molecular complexity index is 465. The van der Waals surface area contributed by atoms with E-state index < -0.39 is 0 Å². The molecular weight excluding hydrogens is 377 g/mol. The highest BCUT2D eigenvalue weighted by Gasteiger charge is 2.21. The van der Waals surface area contributed by atoms with Crippen LogP contribution < -0.4 is 5.73 Å². The van der Waals surface area contributed by atoms with E-state index in [-0.39, 0.29) is 29.4 Å². The van der Waals surface area contributed by atoms with Gasteiger partial charge in [-0.25, -0.2) is 0 Å². The van der Waals surface area contributed by atoms with Gasteiger partial charge in [0.05, 0.1) is 19.8 Å². The quantitative estimate of drug-likeness (QED) is 0.480. The smallest absolute Gasteiger partial charge is 0.191 e. The molecule has 0 atom stereocenters. The number of morpholine rings is 1.